The van der Waals surface area contributed by atoms with Crippen LogP contribution in [0.4, 0.5) is 11.5 Å². The van der Waals surface area contributed by atoms with E-state index in [0.29, 0.717) is 12.2 Å². The minimum absolute atomic E-state index is 0. The van der Waals surface area contributed by atoms with Crippen LogP contribution in [0.2, 0.25) is 0 Å². The van der Waals surface area contributed by atoms with Gasteiger partial charge in [0.2, 0.25) is 0 Å². The molecule has 154 valence electrons. The summed E-state index contributed by atoms with van der Waals surface area (Å²) < 4.78 is 2.08. The first-order valence-corrected chi connectivity index (χ1v) is 9.69. The van der Waals surface area contributed by atoms with Gasteiger partial charge in [0.15, 0.2) is 0 Å². The third kappa shape index (κ3) is 4.02. The fourth-order valence-corrected chi connectivity index (χ4v) is 3.40. The standard InChI is InChI=1S/C18H19N5O2.C3H6.H3N/c1-9(2)23-7-12(15-16(19)20-8-21-17(15)23)10-3-4-13-11(5-10)6-14(22-13)18(24)25;1-2-3-1;/h3-5,7-9,14,22H,6H2,1-2H3,(H,24,25)(H2,19,20,21);1-3H2;1H3. The quantitative estimate of drug-likeness (QED) is 0.524. The number of benzene rings is 1. The van der Waals surface area contributed by atoms with Crippen molar-refractivity contribution in [1.82, 2.24) is 20.7 Å². The molecule has 2 aliphatic rings. The number of nitrogen functional groups attached to an aromatic ring is 1. The van der Waals surface area contributed by atoms with Crippen LogP contribution >= 0.6 is 0 Å². The van der Waals surface area contributed by atoms with Crippen LogP contribution in [0.5, 0.6) is 0 Å². The number of fused-ring (bicyclic) bond motifs is 2. The predicted molar refractivity (Wildman–Crippen MR) is 115 cm³/mol. The lowest BCUT2D eigenvalue weighted by atomic mass is 10.0. The van der Waals surface area contributed by atoms with Crippen molar-refractivity contribution in [2.24, 2.45) is 0 Å². The molecule has 29 heavy (non-hydrogen) atoms. The van der Waals surface area contributed by atoms with Crippen LogP contribution in [0.3, 0.4) is 0 Å². The van der Waals surface area contributed by atoms with Gasteiger partial charge in [-0.3, -0.25) is 0 Å². The zero-order valence-electron chi connectivity index (χ0n) is 16.9. The molecule has 0 saturated heterocycles. The molecule has 1 saturated carbocycles. The number of nitrogens with two attached hydrogens (primary N) is 1. The third-order valence-electron chi connectivity index (χ3n) is 5.02. The van der Waals surface area contributed by atoms with Gasteiger partial charge < -0.3 is 26.9 Å². The monoisotopic (exact) mass is 396 g/mol. The summed E-state index contributed by atoms with van der Waals surface area (Å²) in [6.07, 6.45) is 8.48. The van der Waals surface area contributed by atoms with Crippen LogP contribution in [0, 0.1) is 0 Å². The lowest BCUT2D eigenvalue weighted by Crippen LogP contribution is -2.26. The fourth-order valence-electron chi connectivity index (χ4n) is 3.40. The summed E-state index contributed by atoms with van der Waals surface area (Å²) in [5.41, 5.74) is 10.7. The average molecular weight is 396 g/mol. The number of hydrogen-bond acceptors (Lipinski definition) is 6. The SMILES string of the molecule is C1CC1.CC(C)n1cc(-c2ccc3c(c2)CC(C(=O)O)N3)c2c(N)ncnc21.N. The topological polar surface area (TPSA) is 141 Å². The maximum atomic E-state index is 11.2. The maximum absolute atomic E-state index is 11.2. The molecule has 1 aromatic carbocycles. The molecule has 2 aromatic heterocycles. The number of aromatic nitrogens is 3. The summed E-state index contributed by atoms with van der Waals surface area (Å²) in [6.45, 7) is 4.18. The van der Waals surface area contributed by atoms with Gasteiger partial charge in [0.1, 0.15) is 23.8 Å². The van der Waals surface area contributed by atoms with Crippen LogP contribution in [-0.4, -0.2) is 31.7 Å². The molecule has 0 spiro atoms. The number of anilines is 2. The molecule has 3 heterocycles. The van der Waals surface area contributed by atoms with Gasteiger partial charge in [0.25, 0.3) is 0 Å². The molecule has 1 fully saturated rings. The van der Waals surface area contributed by atoms with E-state index < -0.39 is 12.0 Å². The molecular formula is C21H28N6O2. The molecule has 5 rings (SSSR count). The predicted octanol–water partition coefficient (Wildman–Crippen LogP) is 4.01. The summed E-state index contributed by atoms with van der Waals surface area (Å²) >= 11 is 0. The molecule has 0 bridgehead atoms. The van der Waals surface area contributed by atoms with Crippen LogP contribution in [0.1, 0.15) is 44.7 Å². The first-order chi connectivity index (χ1) is 13.5. The highest BCUT2D eigenvalue weighted by Gasteiger charge is 2.27. The number of aliphatic carboxylic acids is 1. The van der Waals surface area contributed by atoms with Gasteiger partial charge in [-0.25, -0.2) is 14.8 Å². The van der Waals surface area contributed by atoms with Crippen LogP contribution in [0.15, 0.2) is 30.7 Å². The van der Waals surface area contributed by atoms with Crippen LogP contribution in [0.25, 0.3) is 22.2 Å². The summed E-state index contributed by atoms with van der Waals surface area (Å²) in [7, 11) is 0. The summed E-state index contributed by atoms with van der Waals surface area (Å²) in [6, 6.07) is 5.58. The molecule has 1 aliphatic heterocycles. The van der Waals surface area contributed by atoms with Crippen molar-refractivity contribution in [3.63, 3.8) is 0 Å². The molecule has 7 N–H and O–H groups in total. The minimum atomic E-state index is -0.841. The highest BCUT2D eigenvalue weighted by Crippen LogP contribution is 2.37. The number of nitrogens with zero attached hydrogens (tertiary/aromatic N) is 3. The lowest BCUT2D eigenvalue weighted by molar-refractivity contribution is -0.137. The number of carbonyl (C=O) groups is 1. The Bertz CT molecular complexity index is 1040. The van der Waals surface area contributed by atoms with E-state index in [1.54, 1.807) is 0 Å². The van der Waals surface area contributed by atoms with E-state index in [2.05, 4.69) is 33.7 Å². The molecule has 3 aromatic rings. The second kappa shape index (κ2) is 8.08. The Labute approximate surface area is 169 Å². The Balaban J connectivity index is 0.000000551. The van der Waals surface area contributed by atoms with E-state index >= 15 is 0 Å². The molecule has 0 amide bonds. The zero-order chi connectivity index (χ0) is 19.8. The van der Waals surface area contributed by atoms with E-state index in [9.17, 15) is 9.90 Å². The van der Waals surface area contributed by atoms with Crippen LogP contribution < -0.4 is 17.2 Å². The molecule has 0 radical (unpaired) electrons. The average Bonchev–Trinajstić information content (AvgIpc) is 3.39. The Morgan fingerprint density at radius 3 is 2.62 bits per heavy atom. The molecule has 1 unspecified atom stereocenters. The summed E-state index contributed by atoms with van der Waals surface area (Å²) in [5.74, 6) is -0.395. The normalized spacial score (nSPS) is 16.4. The smallest absolute Gasteiger partial charge is 0.326 e. The molecule has 1 aliphatic carbocycles. The van der Waals surface area contributed by atoms with Crippen LogP contribution in [-0.2, 0) is 11.2 Å². The first-order valence-electron chi connectivity index (χ1n) is 9.69. The number of nitrogens with one attached hydrogen (secondary N) is 1. The summed E-state index contributed by atoms with van der Waals surface area (Å²) in [4.78, 5) is 19.8. The molecule has 8 heteroatoms. The van der Waals surface area contributed by atoms with Gasteiger partial charge in [-0.15, -0.1) is 0 Å². The van der Waals surface area contributed by atoms with E-state index in [1.165, 1.54) is 25.6 Å². The highest BCUT2D eigenvalue weighted by atomic mass is 16.4. The van der Waals surface area contributed by atoms with Crippen molar-refractivity contribution >= 4 is 28.5 Å². The maximum Gasteiger partial charge on any atom is 0.326 e. The Morgan fingerprint density at radius 2 is 2.00 bits per heavy atom. The van der Waals surface area contributed by atoms with E-state index in [4.69, 9.17) is 5.73 Å². The fraction of sp³-hybridized carbons (Fsp3) is 0.381. The lowest BCUT2D eigenvalue weighted by Gasteiger charge is -2.07. The molecular weight excluding hydrogens is 368 g/mol. The second-order valence-corrected chi connectivity index (χ2v) is 7.67. The highest BCUT2D eigenvalue weighted by molar-refractivity contribution is 6.01. The van der Waals surface area contributed by atoms with Gasteiger partial charge in [-0.2, -0.15) is 0 Å². The van der Waals surface area contributed by atoms with Crippen molar-refractivity contribution in [3.05, 3.63) is 36.3 Å². The van der Waals surface area contributed by atoms with Gasteiger partial charge in [-0.05, 0) is 37.1 Å². The number of carboxylic acids is 1. The largest absolute Gasteiger partial charge is 0.480 e. The zero-order valence-corrected chi connectivity index (χ0v) is 16.9. The van der Waals surface area contributed by atoms with Gasteiger partial charge in [-0.1, -0.05) is 25.3 Å². The van der Waals surface area contributed by atoms with Crippen molar-refractivity contribution in [2.75, 3.05) is 11.1 Å². The number of hydrogen-bond donors (Lipinski definition) is 4. The number of rotatable bonds is 3. The van der Waals surface area contributed by atoms with E-state index in [0.717, 1.165) is 33.4 Å². The Kier molecular flexibility index (Phi) is 5.74. The number of carboxylic acid groups (broad SMARTS) is 1. The first kappa shape index (κ1) is 20.6. The van der Waals surface area contributed by atoms with Crippen molar-refractivity contribution in [2.45, 2.75) is 51.6 Å². The van der Waals surface area contributed by atoms with E-state index in [1.807, 2.05) is 24.4 Å². The van der Waals surface area contributed by atoms with E-state index in [-0.39, 0.29) is 12.2 Å². The van der Waals surface area contributed by atoms with Gasteiger partial charge >= 0.3 is 5.97 Å². The van der Waals surface area contributed by atoms with Gasteiger partial charge in [0.05, 0.1) is 5.39 Å². The van der Waals surface area contributed by atoms with Crippen molar-refractivity contribution in [3.8, 4) is 11.1 Å². The Hall–Kier alpha value is -3.13. The van der Waals surface area contributed by atoms with Crippen molar-refractivity contribution in [1.29, 1.82) is 0 Å². The minimum Gasteiger partial charge on any atom is -0.480 e. The second-order valence-electron chi connectivity index (χ2n) is 7.67. The molecule has 1 atom stereocenters. The van der Waals surface area contributed by atoms with Crippen molar-refractivity contribution < 1.29 is 9.90 Å². The third-order valence-corrected chi connectivity index (χ3v) is 5.02. The molecule has 8 nitrogen and oxygen atoms in total. The Morgan fingerprint density at radius 1 is 1.28 bits per heavy atom. The van der Waals surface area contributed by atoms with Gasteiger partial charge in [0, 0.05) is 29.9 Å². The summed E-state index contributed by atoms with van der Waals surface area (Å²) in [5, 5.41) is 13.1.